The fourth-order valence-corrected chi connectivity index (χ4v) is 2.22. The number of aryl methyl sites for hydroxylation is 2. The molecule has 2 aromatic heterocycles. The largest absolute Gasteiger partial charge is 0.360 e. The van der Waals surface area contributed by atoms with Crippen molar-refractivity contribution in [3.05, 3.63) is 29.8 Å². The summed E-state index contributed by atoms with van der Waals surface area (Å²) in [5.41, 5.74) is 1.92. The Hall–Kier alpha value is -2.44. The van der Waals surface area contributed by atoms with Crippen molar-refractivity contribution in [2.45, 2.75) is 26.7 Å². The average molecular weight is 300 g/mol. The Labute approximate surface area is 129 Å². The number of aromatic nitrogens is 4. The zero-order valence-electron chi connectivity index (χ0n) is 12.8. The number of nitrogens with zero attached hydrogens (tertiary/aromatic N) is 4. The Bertz CT molecular complexity index is 676. The molecule has 1 saturated carbocycles. The molecule has 0 aromatic carbocycles. The zero-order valence-corrected chi connectivity index (χ0v) is 12.8. The molecule has 2 heterocycles. The van der Waals surface area contributed by atoms with E-state index in [-0.39, 0.29) is 12.5 Å². The molecule has 3 rings (SSSR count). The highest BCUT2D eigenvalue weighted by atomic mass is 16.1. The van der Waals surface area contributed by atoms with Crippen molar-refractivity contribution in [1.29, 1.82) is 0 Å². The summed E-state index contributed by atoms with van der Waals surface area (Å²) in [6, 6.07) is 1.98. The first-order valence-electron chi connectivity index (χ1n) is 7.48. The third-order valence-corrected chi connectivity index (χ3v) is 3.56. The summed E-state index contributed by atoms with van der Waals surface area (Å²) in [6.45, 7) is 4.87. The van der Waals surface area contributed by atoms with Gasteiger partial charge in [0.15, 0.2) is 5.82 Å². The maximum atomic E-state index is 11.7. The second kappa shape index (κ2) is 6.13. The molecule has 2 N–H and O–H groups in total. The third-order valence-electron chi connectivity index (χ3n) is 3.56. The SMILES string of the molecule is Cc1cc(C)n(-c2cncc(NCC(=O)NCC3CC3)n2)n1. The van der Waals surface area contributed by atoms with E-state index in [4.69, 9.17) is 0 Å². The van der Waals surface area contributed by atoms with E-state index < -0.39 is 0 Å². The number of amides is 1. The van der Waals surface area contributed by atoms with Crippen LogP contribution in [-0.4, -0.2) is 38.7 Å². The number of carbonyl (C=O) groups is 1. The Morgan fingerprint density at radius 2 is 2.18 bits per heavy atom. The molecule has 116 valence electrons. The van der Waals surface area contributed by atoms with Crippen LogP contribution in [0.4, 0.5) is 5.82 Å². The van der Waals surface area contributed by atoms with Gasteiger partial charge >= 0.3 is 0 Å². The molecule has 0 spiro atoms. The molecule has 1 aliphatic rings. The average Bonchev–Trinajstić information content (AvgIpc) is 3.27. The van der Waals surface area contributed by atoms with Crippen LogP contribution in [0, 0.1) is 19.8 Å². The first kappa shape index (κ1) is 14.5. The summed E-state index contributed by atoms with van der Waals surface area (Å²) in [6.07, 6.45) is 5.70. The van der Waals surface area contributed by atoms with Gasteiger partial charge in [-0.05, 0) is 38.7 Å². The molecule has 1 amide bonds. The fourth-order valence-electron chi connectivity index (χ4n) is 2.22. The third kappa shape index (κ3) is 3.60. The van der Waals surface area contributed by atoms with E-state index in [1.165, 1.54) is 12.8 Å². The van der Waals surface area contributed by atoms with Gasteiger partial charge in [0, 0.05) is 12.2 Å². The molecule has 0 aliphatic heterocycles. The molecule has 2 aromatic rings. The van der Waals surface area contributed by atoms with Crippen LogP contribution in [0.2, 0.25) is 0 Å². The van der Waals surface area contributed by atoms with Gasteiger partial charge in [0.05, 0.1) is 24.6 Å². The predicted molar refractivity (Wildman–Crippen MR) is 82.9 cm³/mol. The highest BCUT2D eigenvalue weighted by Crippen LogP contribution is 2.27. The van der Waals surface area contributed by atoms with Crippen LogP contribution in [0.15, 0.2) is 18.5 Å². The molecule has 0 atom stereocenters. The minimum Gasteiger partial charge on any atom is -0.360 e. The van der Waals surface area contributed by atoms with Gasteiger partial charge in [0.1, 0.15) is 5.82 Å². The molecule has 7 heteroatoms. The summed E-state index contributed by atoms with van der Waals surface area (Å²) in [7, 11) is 0. The van der Waals surface area contributed by atoms with Gasteiger partial charge in [-0.15, -0.1) is 0 Å². The van der Waals surface area contributed by atoms with Crippen molar-refractivity contribution < 1.29 is 4.79 Å². The molecule has 22 heavy (non-hydrogen) atoms. The van der Waals surface area contributed by atoms with Crippen LogP contribution < -0.4 is 10.6 Å². The lowest BCUT2D eigenvalue weighted by molar-refractivity contribution is -0.119. The molecule has 0 unspecified atom stereocenters. The monoisotopic (exact) mass is 300 g/mol. The highest BCUT2D eigenvalue weighted by Gasteiger charge is 2.21. The van der Waals surface area contributed by atoms with Gasteiger partial charge in [-0.1, -0.05) is 0 Å². The zero-order chi connectivity index (χ0) is 15.5. The van der Waals surface area contributed by atoms with Crippen molar-refractivity contribution in [2.75, 3.05) is 18.4 Å². The Morgan fingerprint density at radius 1 is 1.36 bits per heavy atom. The molecule has 0 saturated heterocycles. The van der Waals surface area contributed by atoms with Crippen molar-refractivity contribution in [3.8, 4) is 5.82 Å². The van der Waals surface area contributed by atoms with E-state index in [2.05, 4.69) is 25.7 Å². The molecule has 7 nitrogen and oxygen atoms in total. The highest BCUT2D eigenvalue weighted by molar-refractivity contribution is 5.80. The normalized spacial score (nSPS) is 13.9. The van der Waals surface area contributed by atoms with Crippen LogP contribution in [0.3, 0.4) is 0 Å². The summed E-state index contributed by atoms with van der Waals surface area (Å²) in [5.74, 6) is 1.85. The second-order valence-corrected chi connectivity index (χ2v) is 5.70. The predicted octanol–water partition coefficient (Wildman–Crippen LogP) is 1.22. The van der Waals surface area contributed by atoms with E-state index in [1.807, 2.05) is 19.9 Å². The van der Waals surface area contributed by atoms with Gasteiger partial charge < -0.3 is 10.6 Å². The minimum atomic E-state index is -0.0229. The molecule has 0 radical (unpaired) electrons. The van der Waals surface area contributed by atoms with Gasteiger partial charge in [0.2, 0.25) is 5.91 Å². The van der Waals surface area contributed by atoms with Crippen molar-refractivity contribution >= 4 is 11.7 Å². The number of anilines is 1. The molecule has 1 aliphatic carbocycles. The number of rotatable bonds is 6. The Morgan fingerprint density at radius 3 is 2.86 bits per heavy atom. The molecule has 0 bridgehead atoms. The Kier molecular flexibility index (Phi) is 4.04. The molecule has 1 fully saturated rings. The summed E-state index contributed by atoms with van der Waals surface area (Å²) in [5, 5.41) is 10.3. The first-order valence-corrected chi connectivity index (χ1v) is 7.48. The van der Waals surface area contributed by atoms with Crippen molar-refractivity contribution in [3.63, 3.8) is 0 Å². The standard InChI is InChI=1S/C15H20N6O/c1-10-5-11(2)21(20-10)14-8-16-7-13(19-14)17-9-15(22)18-6-12-3-4-12/h5,7-8,12H,3-4,6,9H2,1-2H3,(H,17,19)(H,18,22). The maximum absolute atomic E-state index is 11.7. The topological polar surface area (TPSA) is 84.7 Å². The lowest BCUT2D eigenvalue weighted by Crippen LogP contribution is -2.31. The van der Waals surface area contributed by atoms with Crippen molar-refractivity contribution in [2.24, 2.45) is 5.92 Å². The van der Waals surface area contributed by atoms with Gasteiger partial charge in [-0.3, -0.25) is 9.78 Å². The van der Waals surface area contributed by atoms with Crippen LogP contribution in [-0.2, 0) is 4.79 Å². The molecular formula is C15H20N6O. The van der Waals surface area contributed by atoms with E-state index in [9.17, 15) is 4.79 Å². The van der Waals surface area contributed by atoms with E-state index in [0.29, 0.717) is 17.6 Å². The summed E-state index contributed by atoms with van der Waals surface area (Å²) in [4.78, 5) is 20.3. The summed E-state index contributed by atoms with van der Waals surface area (Å²) >= 11 is 0. The fraction of sp³-hybridized carbons (Fsp3) is 0.467. The van der Waals surface area contributed by atoms with Gasteiger partial charge in [-0.25, -0.2) is 9.67 Å². The van der Waals surface area contributed by atoms with Crippen LogP contribution in [0.25, 0.3) is 5.82 Å². The van der Waals surface area contributed by atoms with Crippen LogP contribution >= 0.6 is 0 Å². The van der Waals surface area contributed by atoms with E-state index in [1.54, 1.807) is 17.1 Å². The van der Waals surface area contributed by atoms with E-state index >= 15 is 0 Å². The number of carbonyl (C=O) groups excluding carboxylic acids is 1. The first-order chi connectivity index (χ1) is 10.6. The smallest absolute Gasteiger partial charge is 0.239 e. The Balaban J connectivity index is 1.61. The second-order valence-electron chi connectivity index (χ2n) is 5.70. The maximum Gasteiger partial charge on any atom is 0.239 e. The quantitative estimate of drug-likeness (QED) is 0.838. The summed E-state index contributed by atoms with van der Waals surface area (Å²) < 4.78 is 1.74. The number of hydrogen-bond donors (Lipinski definition) is 2. The number of nitrogens with one attached hydrogen (secondary N) is 2. The van der Waals surface area contributed by atoms with Crippen LogP contribution in [0.1, 0.15) is 24.2 Å². The van der Waals surface area contributed by atoms with Crippen LogP contribution in [0.5, 0.6) is 0 Å². The minimum absolute atomic E-state index is 0.0229. The molecular weight excluding hydrogens is 280 g/mol. The lowest BCUT2D eigenvalue weighted by atomic mass is 10.4. The number of hydrogen-bond acceptors (Lipinski definition) is 5. The van der Waals surface area contributed by atoms with E-state index in [0.717, 1.165) is 17.9 Å². The van der Waals surface area contributed by atoms with Gasteiger partial charge in [0.25, 0.3) is 0 Å². The van der Waals surface area contributed by atoms with Crippen molar-refractivity contribution in [1.82, 2.24) is 25.1 Å². The lowest BCUT2D eigenvalue weighted by Gasteiger charge is -2.08. The van der Waals surface area contributed by atoms with Gasteiger partial charge in [-0.2, -0.15) is 5.10 Å².